The highest BCUT2D eigenvalue weighted by molar-refractivity contribution is 5.94. The number of likely N-dealkylation sites (tertiary alicyclic amines) is 2. The Bertz CT molecular complexity index is 1120. The molecule has 2 aliphatic heterocycles. The smallest absolute Gasteiger partial charge is 0.255 e. The Kier molecular flexibility index (Phi) is 5.20. The van der Waals surface area contributed by atoms with Crippen LogP contribution in [0.3, 0.4) is 0 Å². The molecule has 0 unspecified atom stereocenters. The number of pyridine rings is 1. The highest BCUT2D eigenvalue weighted by atomic mass is 16.2. The van der Waals surface area contributed by atoms with E-state index in [1.165, 1.54) is 0 Å². The SMILES string of the molecule is Cc1nc([C@@]23CN(C(=O)CCc4ccccc4)C[C@@H]2CN(C(=O)c2cccnc2)C3)n[nH]1. The summed E-state index contributed by atoms with van der Waals surface area (Å²) in [5.74, 6) is 1.62. The maximum absolute atomic E-state index is 13.1. The molecule has 1 N–H and O–H groups in total. The highest BCUT2D eigenvalue weighted by Crippen LogP contribution is 2.44. The number of benzene rings is 1. The van der Waals surface area contributed by atoms with Gasteiger partial charge in [-0.3, -0.25) is 19.7 Å². The van der Waals surface area contributed by atoms with E-state index in [9.17, 15) is 9.59 Å². The van der Waals surface area contributed by atoms with Gasteiger partial charge in [0.1, 0.15) is 5.82 Å². The van der Waals surface area contributed by atoms with Crippen LogP contribution in [-0.2, 0) is 16.6 Å². The van der Waals surface area contributed by atoms with Crippen molar-refractivity contribution in [3.05, 3.63) is 77.6 Å². The minimum Gasteiger partial charge on any atom is -0.341 e. The van der Waals surface area contributed by atoms with E-state index in [-0.39, 0.29) is 17.7 Å². The van der Waals surface area contributed by atoms with E-state index in [0.29, 0.717) is 44.0 Å². The van der Waals surface area contributed by atoms with Gasteiger partial charge in [0.05, 0.1) is 11.0 Å². The van der Waals surface area contributed by atoms with Gasteiger partial charge in [0.25, 0.3) is 5.91 Å². The number of fused-ring (bicyclic) bond motifs is 1. The van der Waals surface area contributed by atoms with Gasteiger partial charge < -0.3 is 9.80 Å². The monoisotopic (exact) mass is 430 g/mol. The molecule has 2 aliphatic rings. The summed E-state index contributed by atoms with van der Waals surface area (Å²) in [5.41, 5.74) is 1.28. The van der Waals surface area contributed by atoms with Gasteiger partial charge in [-0.05, 0) is 31.0 Å². The fraction of sp³-hybridized carbons (Fsp3) is 0.375. The lowest BCUT2D eigenvalue weighted by Crippen LogP contribution is -2.42. The third-order valence-corrected chi connectivity index (χ3v) is 6.67. The molecule has 1 aromatic carbocycles. The number of nitrogens with zero attached hydrogens (tertiary/aromatic N) is 5. The minimum absolute atomic E-state index is 0.0407. The standard InChI is InChI=1S/C24H26N6O2/c1-17-26-23(28-27-17)24-15-29(21(31)10-9-18-6-3-2-4-7-18)13-20(24)14-30(16-24)22(32)19-8-5-11-25-12-19/h2-8,11-12,20H,9-10,13-16H2,1H3,(H,26,27,28)/t20-,24-/m1/s1. The zero-order chi connectivity index (χ0) is 22.1. The lowest BCUT2D eigenvalue weighted by atomic mass is 9.80. The fourth-order valence-corrected chi connectivity index (χ4v) is 5.02. The maximum Gasteiger partial charge on any atom is 0.255 e. The summed E-state index contributed by atoms with van der Waals surface area (Å²) >= 11 is 0. The van der Waals surface area contributed by atoms with Gasteiger partial charge in [0.15, 0.2) is 5.82 Å². The molecular weight excluding hydrogens is 404 g/mol. The molecule has 2 fully saturated rings. The Hall–Kier alpha value is -3.55. The zero-order valence-corrected chi connectivity index (χ0v) is 18.1. The maximum atomic E-state index is 13.1. The highest BCUT2D eigenvalue weighted by Gasteiger charge is 2.57. The zero-order valence-electron chi connectivity index (χ0n) is 18.1. The summed E-state index contributed by atoms with van der Waals surface area (Å²) < 4.78 is 0. The number of amides is 2. The van der Waals surface area contributed by atoms with Crippen LogP contribution in [0, 0.1) is 12.8 Å². The van der Waals surface area contributed by atoms with Crippen molar-refractivity contribution in [1.29, 1.82) is 0 Å². The van der Waals surface area contributed by atoms with Crippen LogP contribution in [0.15, 0.2) is 54.9 Å². The van der Waals surface area contributed by atoms with E-state index in [1.807, 2.05) is 47.1 Å². The number of aromatic nitrogens is 4. The number of H-pyrrole nitrogens is 1. The van der Waals surface area contributed by atoms with E-state index in [1.54, 1.807) is 24.5 Å². The molecule has 5 rings (SSSR count). The van der Waals surface area contributed by atoms with Gasteiger partial charge >= 0.3 is 0 Å². The molecule has 0 bridgehead atoms. The third-order valence-electron chi connectivity index (χ3n) is 6.67. The fourth-order valence-electron chi connectivity index (χ4n) is 5.02. The first kappa shape index (κ1) is 20.4. The molecule has 2 atom stereocenters. The van der Waals surface area contributed by atoms with Gasteiger partial charge in [-0.2, -0.15) is 5.10 Å². The molecule has 0 aliphatic carbocycles. The third kappa shape index (κ3) is 3.66. The van der Waals surface area contributed by atoms with Gasteiger partial charge in [0, 0.05) is 50.9 Å². The molecule has 2 aromatic heterocycles. The van der Waals surface area contributed by atoms with E-state index < -0.39 is 5.41 Å². The summed E-state index contributed by atoms with van der Waals surface area (Å²) in [5, 5.41) is 7.40. The van der Waals surface area contributed by atoms with E-state index in [0.717, 1.165) is 17.8 Å². The number of carbonyl (C=O) groups excluding carboxylic acids is 2. The number of hydrogen-bond donors (Lipinski definition) is 1. The number of aromatic amines is 1. The summed E-state index contributed by atoms with van der Waals surface area (Å²) in [6, 6.07) is 13.6. The summed E-state index contributed by atoms with van der Waals surface area (Å²) in [6.45, 7) is 4.07. The number of rotatable bonds is 5. The number of hydrogen-bond acceptors (Lipinski definition) is 5. The molecule has 164 valence electrons. The lowest BCUT2D eigenvalue weighted by Gasteiger charge is -2.27. The van der Waals surface area contributed by atoms with Crippen LogP contribution in [0.4, 0.5) is 0 Å². The number of nitrogens with one attached hydrogen (secondary N) is 1. The van der Waals surface area contributed by atoms with Crippen molar-refractivity contribution >= 4 is 11.8 Å². The molecule has 2 amide bonds. The van der Waals surface area contributed by atoms with Crippen LogP contribution in [-0.4, -0.2) is 68.0 Å². The molecule has 3 aromatic rings. The molecule has 0 spiro atoms. The van der Waals surface area contributed by atoms with E-state index in [2.05, 4.69) is 20.2 Å². The van der Waals surface area contributed by atoms with Crippen molar-refractivity contribution in [2.24, 2.45) is 5.92 Å². The van der Waals surface area contributed by atoms with Gasteiger partial charge in [0.2, 0.25) is 5.91 Å². The normalized spacial score (nSPS) is 22.2. The number of carbonyl (C=O) groups is 2. The van der Waals surface area contributed by atoms with Crippen molar-refractivity contribution in [1.82, 2.24) is 30.0 Å². The average Bonchev–Trinajstić information content (AvgIpc) is 3.51. The first-order chi connectivity index (χ1) is 15.5. The molecule has 0 saturated carbocycles. The Balaban J connectivity index is 1.35. The Morgan fingerprint density at radius 1 is 1.09 bits per heavy atom. The van der Waals surface area contributed by atoms with Crippen molar-refractivity contribution in [2.45, 2.75) is 25.2 Å². The first-order valence-electron chi connectivity index (χ1n) is 11.0. The summed E-state index contributed by atoms with van der Waals surface area (Å²) in [6.07, 6.45) is 4.45. The number of aryl methyl sites for hydroxylation is 2. The van der Waals surface area contributed by atoms with Crippen LogP contribution < -0.4 is 0 Å². The molecule has 2 saturated heterocycles. The average molecular weight is 431 g/mol. The molecule has 0 radical (unpaired) electrons. The molecule has 8 heteroatoms. The summed E-state index contributed by atoms with van der Waals surface area (Å²) in [7, 11) is 0. The largest absolute Gasteiger partial charge is 0.341 e. The minimum atomic E-state index is -0.453. The second kappa shape index (κ2) is 8.18. The van der Waals surface area contributed by atoms with Crippen molar-refractivity contribution < 1.29 is 9.59 Å². The van der Waals surface area contributed by atoms with Gasteiger partial charge in [-0.15, -0.1) is 0 Å². The second-order valence-electron chi connectivity index (χ2n) is 8.78. The Labute approximate surface area is 186 Å². The van der Waals surface area contributed by atoms with E-state index >= 15 is 0 Å². The first-order valence-corrected chi connectivity index (χ1v) is 11.0. The summed E-state index contributed by atoms with van der Waals surface area (Å²) in [4.78, 5) is 38.6. The van der Waals surface area contributed by atoms with Crippen LogP contribution in [0.5, 0.6) is 0 Å². The van der Waals surface area contributed by atoms with Gasteiger partial charge in [-0.25, -0.2) is 4.98 Å². The predicted molar refractivity (Wildman–Crippen MR) is 118 cm³/mol. The van der Waals surface area contributed by atoms with Crippen molar-refractivity contribution in [3.63, 3.8) is 0 Å². The molecule has 32 heavy (non-hydrogen) atoms. The van der Waals surface area contributed by atoms with Gasteiger partial charge in [-0.1, -0.05) is 30.3 Å². The molecule has 4 heterocycles. The van der Waals surface area contributed by atoms with Crippen LogP contribution >= 0.6 is 0 Å². The van der Waals surface area contributed by atoms with Crippen molar-refractivity contribution in [2.75, 3.05) is 26.2 Å². The Morgan fingerprint density at radius 2 is 1.88 bits per heavy atom. The van der Waals surface area contributed by atoms with Crippen LogP contribution in [0.2, 0.25) is 0 Å². The lowest BCUT2D eigenvalue weighted by molar-refractivity contribution is -0.130. The predicted octanol–water partition coefficient (Wildman–Crippen LogP) is 1.99. The van der Waals surface area contributed by atoms with Crippen LogP contribution in [0.25, 0.3) is 0 Å². The molecular formula is C24H26N6O2. The Morgan fingerprint density at radius 3 is 2.59 bits per heavy atom. The van der Waals surface area contributed by atoms with Crippen molar-refractivity contribution in [3.8, 4) is 0 Å². The topological polar surface area (TPSA) is 95.1 Å². The van der Waals surface area contributed by atoms with Crippen LogP contribution in [0.1, 0.15) is 34.0 Å². The van der Waals surface area contributed by atoms with E-state index in [4.69, 9.17) is 0 Å². The second-order valence-corrected chi connectivity index (χ2v) is 8.78. The molecule has 8 nitrogen and oxygen atoms in total. The quantitative estimate of drug-likeness (QED) is 0.668.